The zero-order valence-electron chi connectivity index (χ0n) is 55.7. The normalized spacial score (nSPS) is 54.7. The Morgan fingerprint density at radius 2 is 1.01 bits per heavy atom. The second-order valence-electron chi connectivity index (χ2n) is 31.3. The lowest BCUT2D eigenvalue weighted by Crippen LogP contribution is -2.67. The number of ether oxygens (including phenoxy) is 12. The summed E-state index contributed by atoms with van der Waals surface area (Å²) in [7, 11) is 0. The molecule has 0 bridgehead atoms. The molecule has 0 aromatic rings. The number of esters is 1. The molecule has 11 rings (SSSR count). The molecule has 0 radical (unpaired) electrons. The van der Waals surface area contributed by atoms with E-state index in [2.05, 4.69) is 40.7 Å². The molecule has 0 spiro atoms. The van der Waals surface area contributed by atoms with Crippen molar-refractivity contribution in [3.63, 3.8) is 0 Å². The van der Waals surface area contributed by atoms with Crippen molar-refractivity contribution in [2.45, 2.75) is 297 Å². The highest BCUT2D eigenvalue weighted by atomic mass is 16.8. The molecule has 38 atom stereocenters. The summed E-state index contributed by atoms with van der Waals surface area (Å²) < 4.78 is 70.3. The first-order valence-corrected chi connectivity index (χ1v) is 34.3. The van der Waals surface area contributed by atoms with Gasteiger partial charge in [0.25, 0.3) is 0 Å². The third-order valence-corrected chi connectivity index (χ3v) is 25.4. The minimum atomic E-state index is -1.93. The van der Waals surface area contributed by atoms with Crippen LogP contribution in [0.15, 0.2) is 11.6 Å². The average molecular weight is 1400 g/mol. The summed E-state index contributed by atoms with van der Waals surface area (Å²) in [6.07, 6.45) is -41.0. The molecule has 0 aromatic heterocycles. The molecule has 5 aliphatic carbocycles. The quantitative estimate of drug-likeness (QED) is 0.0366. The summed E-state index contributed by atoms with van der Waals surface area (Å²) >= 11 is 0. The Hall–Kier alpha value is -1.99. The van der Waals surface area contributed by atoms with Gasteiger partial charge in [0.05, 0.1) is 57.3 Å². The fourth-order valence-corrected chi connectivity index (χ4v) is 19.1. The number of rotatable bonds is 17. The summed E-state index contributed by atoms with van der Waals surface area (Å²) in [6.45, 7) is 10.9. The van der Waals surface area contributed by atoms with Gasteiger partial charge in [0.2, 0.25) is 6.29 Å². The highest BCUT2D eigenvalue weighted by Gasteiger charge is 2.71. The lowest BCUT2D eigenvalue weighted by atomic mass is 9.33. The highest BCUT2D eigenvalue weighted by Crippen LogP contribution is 2.76. The largest absolute Gasteiger partial charge is 0.432 e. The Morgan fingerprint density at radius 1 is 0.495 bits per heavy atom. The Morgan fingerprint density at radius 3 is 1.63 bits per heavy atom. The van der Waals surface area contributed by atoms with Crippen LogP contribution in [0.25, 0.3) is 0 Å². The molecule has 0 aromatic carbocycles. The molecule has 10 fully saturated rings. The first kappa shape index (κ1) is 76.1. The molecule has 97 heavy (non-hydrogen) atoms. The van der Waals surface area contributed by atoms with E-state index in [-0.39, 0.29) is 40.6 Å². The Bertz CT molecular complexity index is 2710. The van der Waals surface area contributed by atoms with Gasteiger partial charge in [0, 0.05) is 5.41 Å². The van der Waals surface area contributed by atoms with Gasteiger partial charge in [-0.05, 0) is 111 Å². The van der Waals surface area contributed by atoms with Gasteiger partial charge < -0.3 is 154 Å². The van der Waals surface area contributed by atoms with Gasteiger partial charge in [-0.3, -0.25) is 4.79 Å². The number of carbonyl (C=O) groups excluding carboxylic acids is 1. The van der Waals surface area contributed by atoms with Gasteiger partial charge in [-0.2, -0.15) is 0 Å². The van der Waals surface area contributed by atoms with Crippen LogP contribution in [0, 0.1) is 50.2 Å². The van der Waals surface area contributed by atoms with Crippen molar-refractivity contribution in [2.24, 2.45) is 50.2 Å². The summed E-state index contributed by atoms with van der Waals surface area (Å²) in [6, 6.07) is 0. The zero-order valence-corrected chi connectivity index (χ0v) is 55.7. The molecule has 0 unspecified atom stereocenters. The van der Waals surface area contributed by atoms with Gasteiger partial charge in [0.1, 0.15) is 134 Å². The van der Waals surface area contributed by atoms with E-state index in [1.807, 2.05) is 6.92 Å². The third kappa shape index (κ3) is 13.2. The fraction of sp³-hybridized carbons (Fsp3) is 0.954. The van der Waals surface area contributed by atoms with Crippen molar-refractivity contribution in [3.8, 4) is 0 Å². The van der Waals surface area contributed by atoms with E-state index in [4.69, 9.17) is 56.8 Å². The topological polar surface area (TPSA) is 512 Å². The highest BCUT2D eigenvalue weighted by molar-refractivity contribution is 5.79. The summed E-state index contributed by atoms with van der Waals surface area (Å²) in [5, 5.41) is 206. The Kier molecular flexibility index (Phi) is 22.6. The molecule has 11 aliphatic rings. The molecule has 19 N–H and O–H groups in total. The lowest BCUT2D eigenvalue weighted by Gasteiger charge is -2.71. The molecular weight excluding hydrogens is 1290 g/mol. The summed E-state index contributed by atoms with van der Waals surface area (Å²) in [4.78, 5) is 15.3. The molecule has 0 amide bonds. The van der Waals surface area contributed by atoms with E-state index in [0.717, 1.165) is 12.0 Å². The van der Waals surface area contributed by atoms with E-state index in [1.54, 1.807) is 0 Å². The van der Waals surface area contributed by atoms with Crippen molar-refractivity contribution in [2.75, 3.05) is 39.6 Å². The molecule has 32 nitrogen and oxygen atoms in total. The maximum Gasteiger partial charge on any atom is 0.315 e. The van der Waals surface area contributed by atoms with Gasteiger partial charge in [-0.15, -0.1) is 0 Å². The smallest absolute Gasteiger partial charge is 0.315 e. The number of aliphatic hydroxyl groups excluding tert-OH is 19. The van der Waals surface area contributed by atoms with E-state index in [1.165, 1.54) is 6.92 Å². The predicted octanol–water partition coefficient (Wildman–Crippen LogP) is -5.75. The number of hydrogen-bond acceptors (Lipinski definition) is 32. The van der Waals surface area contributed by atoms with Crippen LogP contribution in [0.1, 0.15) is 113 Å². The SMILES string of the molecule is C[C@@H]1O[C@@H](O[C@H]2[C@H](O)[C@@H](O)[C@H](OC[C@H]3O[C@@H](OC(=O)[C@]45CCC(C)(C)C[C@H]4C4=CC[C@@H]6[C@@]7(C)CC[C@@H](O[C@@H]8OC[C@H](O[C@@H]9O[C@H](CO)[C@@H](O[C@@H]%10O[C@H](CO)[C@@H](O)[C@H](O)[C@H]%10O)[C@H](O)[C@H]9O)[C@H](O)[C@H]8O)[C@@](C)(CO)[C@@H]7CC[C@@]6(C)[C@]4(C)CC5)[C@H](O)[C@@H](O)[C@@H]3O)O[C@@H]2CO)[C@H](O)[C@H](O)[C@H]1O. The average Bonchev–Trinajstić information content (AvgIpc) is 0.675. The number of fused-ring (bicyclic) bond motifs is 7. The van der Waals surface area contributed by atoms with Crippen LogP contribution in [0.3, 0.4) is 0 Å². The Labute approximate surface area is 561 Å². The van der Waals surface area contributed by atoms with E-state index in [0.29, 0.717) is 57.8 Å². The minimum absolute atomic E-state index is 0.0768. The fourth-order valence-electron chi connectivity index (χ4n) is 19.1. The van der Waals surface area contributed by atoms with Gasteiger partial charge in [-0.25, -0.2) is 0 Å². The zero-order chi connectivity index (χ0) is 70.7. The molecule has 6 heterocycles. The lowest BCUT2D eigenvalue weighted by molar-refractivity contribution is -0.375. The van der Waals surface area contributed by atoms with Gasteiger partial charge >= 0.3 is 5.97 Å². The number of hydrogen-bond donors (Lipinski definition) is 19. The van der Waals surface area contributed by atoms with Crippen molar-refractivity contribution in [3.05, 3.63) is 11.6 Å². The van der Waals surface area contributed by atoms with E-state index in [9.17, 15) is 97.0 Å². The van der Waals surface area contributed by atoms with E-state index >= 15 is 4.79 Å². The molecule has 4 saturated carbocycles. The summed E-state index contributed by atoms with van der Waals surface area (Å²) in [5.41, 5.74) is -2.20. The number of allylic oxidation sites excluding steroid dienone is 2. The second-order valence-corrected chi connectivity index (χ2v) is 31.3. The van der Waals surface area contributed by atoms with Crippen LogP contribution in [-0.4, -0.2) is 327 Å². The summed E-state index contributed by atoms with van der Waals surface area (Å²) in [5.74, 6) is -1.01. The maximum atomic E-state index is 15.3. The second kappa shape index (κ2) is 28.8. The molecule has 6 aliphatic heterocycles. The van der Waals surface area contributed by atoms with Crippen LogP contribution in [-0.2, 0) is 61.6 Å². The standard InChI is InChI=1S/C65H106O32/c1-25-36(70)40(74)46(80)55(88-25)95-51-29(20-67)90-53(49(83)43(51)77)86-22-31-38(72)42(76)48(82)58(93-31)97-59(85)65-16-14-60(2,3)18-27(65)26-8-9-34-61(4)12-11-35(62(5,24-69)33(61)10-13-64(34,7)63(26,6)15-17-65)94-54-45(79)39(73)32(23-87-54)92-56-50(84)44(78)52(30(21-68)91-56)96-57-47(81)41(75)37(71)28(19-66)89-57/h8,25,27-58,66-84H,9-24H2,1-7H3/t25-,27-,28+,29+,30+,31+,32-,33+,34+,35+,36-,37+,38+,39-,40+,41-,42-,43+,44+,45+,46+,47+,48+,49+,50+,51+,52+,53+,54-,55-,56-,57-,58-,61-,62-,63+,64+,65-/m0/s1. The van der Waals surface area contributed by atoms with Crippen molar-refractivity contribution in [1.82, 2.24) is 0 Å². The molecule has 32 heteroatoms. The van der Waals surface area contributed by atoms with Crippen LogP contribution in [0.5, 0.6) is 0 Å². The Balaban J connectivity index is 0.732. The molecule has 6 saturated heterocycles. The molecule has 558 valence electrons. The number of aliphatic hydroxyl groups is 19. The van der Waals surface area contributed by atoms with Crippen LogP contribution < -0.4 is 0 Å². The first-order valence-electron chi connectivity index (χ1n) is 34.3. The first-order chi connectivity index (χ1) is 45.6. The van der Waals surface area contributed by atoms with Crippen molar-refractivity contribution >= 4 is 5.97 Å². The van der Waals surface area contributed by atoms with Crippen LogP contribution >= 0.6 is 0 Å². The maximum absolute atomic E-state index is 15.3. The minimum Gasteiger partial charge on any atom is -0.432 e. The number of carbonyl (C=O) groups is 1. The monoisotopic (exact) mass is 1400 g/mol. The van der Waals surface area contributed by atoms with Gasteiger partial charge in [-0.1, -0.05) is 53.2 Å². The van der Waals surface area contributed by atoms with Crippen LogP contribution in [0.4, 0.5) is 0 Å². The predicted molar refractivity (Wildman–Crippen MR) is 322 cm³/mol. The molecular formula is C65H106O32. The van der Waals surface area contributed by atoms with E-state index < -0.39 is 239 Å². The third-order valence-electron chi connectivity index (χ3n) is 25.4. The van der Waals surface area contributed by atoms with Crippen molar-refractivity contribution < 1.29 is 159 Å². The van der Waals surface area contributed by atoms with Gasteiger partial charge in [0.15, 0.2) is 31.5 Å². The van der Waals surface area contributed by atoms with Crippen LogP contribution in [0.2, 0.25) is 0 Å². The van der Waals surface area contributed by atoms with Crippen molar-refractivity contribution in [1.29, 1.82) is 0 Å².